The maximum Gasteiger partial charge on any atom is 0.251 e. The van der Waals surface area contributed by atoms with Crippen LogP contribution in [0.3, 0.4) is 0 Å². The molecule has 1 heterocycles. The number of unbranched alkanes of at least 4 members (excludes halogenated alkanes) is 1. The van der Waals surface area contributed by atoms with E-state index in [0.717, 1.165) is 24.1 Å². The fourth-order valence-electron chi connectivity index (χ4n) is 1.67. The van der Waals surface area contributed by atoms with Gasteiger partial charge in [-0.15, -0.1) is 0 Å². The van der Waals surface area contributed by atoms with Crippen molar-refractivity contribution in [2.75, 3.05) is 6.54 Å². The number of amides is 1. The lowest BCUT2D eigenvalue weighted by atomic mass is 10.1. The summed E-state index contributed by atoms with van der Waals surface area (Å²) in [5.41, 5.74) is 1.70. The van der Waals surface area contributed by atoms with Crippen LogP contribution in [0, 0.1) is 0 Å². The molecule has 0 fully saturated rings. The minimum Gasteiger partial charge on any atom is -0.354 e. The van der Waals surface area contributed by atoms with Crippen molar-refractivity contribution in [3.8, 4) is 0 Å². The molecule has 1 N–H and O–H groups in total. The van der Waals surface area contributed by atoms with Crippen LogP contribution < -0.4 is 5.32 Å². The van der Waals surface area contributed by atoms with Gasteiger partial charge in [-0.1, -0.05) is 31.5 Å². The van der Waals surface area contributed by atoms with E-state index < -0.39 is 6.04 Å². The van der Waals surface area contributed by atoms with Gasteiger partial charge in [-0.2, -0.15) is 10.2 Å². The third-order valence-electron chi connectivity index (χ3n) is 2.59. The second-order valence-electron chi connectivity index (χ2n) is 3.82. The van der Waals surface area contributed by atoms with Gasteiger partial charge in [0, 0.05) is 12.1 Å². The summed E-state index contributed by atoms with van der Waals surface area (Å²) in [7, 11) is 0. The van der Waals surface area contributed by atoms with Crippen LogP contribution in [0.5, 0.6) is 0 Å². The van der Waals surface area contributed by atoms with Crippen molar-refractivity contribution in [3.05, 3.63) is 29.8 Å². The molecule has 1 aliphatic heterocycles. The Kier molecular flexibility index (Phi) is 3.29. The molecule has 2 rings (SSSR count). The van der Waals surface area contributed by atoms with Gasteiger partial charge in [0.25, 0.3) is 5.91 Å². The first kappa shape index (κ1) is 10.8. The molecule has 1 atom stereocenters. The largest absolute Gasteiger partial charge is 0.354 e. The Balaban J connectivity index is 2.02. The van der Waals surface area contributed by atoms with Crippen molar-refractivity contribution in [3.63, 3.8) is 0 Å². The third-order valence-corrected chi connectivity index (χ3v) is 2.59. The highest BCUT2D eigenvalue weighted by molar-refractivity contribution is 5.85. The summed E-state index contributed by atoms with van der Waals surface area (Å²) in [6, 6.07) is 7.13. The molecule has 0 bridgehead atoms. The van der Waals surface area contributed by atoms with E-state index in [2.05, 4.69) is 22.5 Å². The van der Waals surface area contributed by atoms with E-state index in [1.165, 1.54) is 0 Å². The summed E-state index contributed by atoms with van der Waals surface area (Å²) in [5, 5.41) is 10.9. The molecule has 0 saturated heterocycles. The average Bonchev–Trinajstić information content (AvgIpc) is 2.73. The summed E-state index contributed by atoms with van der Waals surface area (Å²) in [6.07, 6.45) is 2.07. The monoisotopic (exact) mass is 217 g/mol. The van der Waals surface area contributed by atoms with Gasteiger partial charge in [0.2, 0.25) is 0 Å². The Morgan fingerprint density at radius 1 is 1.44 bits per heavy atom. The molecule has 0 aliphatic carbocycles. The standard InChI is InChI=1S/C12H15N3O/c1-2-3-8-13-12(16)11-9-6-4-5-7-10(9)14-15-11/h4-7,11H,2-3,8H2,1H3,(H,13,16). The lowest BCUT2D eigenvalue weighted by Crippen LogP contribution is -2.28. The van der Waals surface area contributed by atoms with E-state index in [1.54, 1.807) is 0 Å². The smallest absolute Gasteiger partial charge is 0.251 e. The summed E-state index contributed by atoms with van der Waals surface area (Å²) in [6.45, 7) is 2.81. The molecule has 0 spiro atoms. The zero-order valence-electron chi connectivity index (χ0n) is 9.31. The van der Waals surface area contributed by atoms with E-state index in [9.17, 15) is 4.79 Å². The fourth-order valence-corrected chi connectivity index (χ4v) is 1.67. The molecule has 4 nitrogen and oxygen atoms in total. The predicted molar refractivity (Wildman–Crippen MR) is 61.6 cm³/mol. The van der Waals surface area contributed by atoms with Gasteiger partial charge in [-0.25, -0.2) is 0 Å². The zero-order valence-corrected chi connectivity index (χ0v) is 9.31. The van der Waals surface area contributed by atoms with Gasteiger partial charge >= 0.3 is 0 Å². The van der Waals surface area contributed by atoms with Crippen LogP contribution in [-0.4, -0.2) is 12.5 Å². The first-order chi connectivity index (χ1) is 7.83. The predicted octanol–water partition coefficient (Wildman–Crippen LogP) is 2.74. The molecule has 0 radical (unpaired) electrons. The van der Waals surface area contributed by atoms with Gasteiger partial charge in [0.15, 0.2) is 6.04 Å². The van der Waals surface area contributed by atoms with Crippen LogP contribution in [-0.2, 0) is 4.79 Å². The molecule has 84 valence electrons. The number of hydrogen-bond acceptors (Lipinski definition) is 3. The number of benzene rings is 1. The van der Waals surface area contributed by atoms with E-state index in [1.807, 2.05) is 24.3 Å². The summed E-state index contributed by atoms with van der Waals surface area (Å²) < 4.78 is 0. The van der Waals surface area contributed by atoms with Gasteiger partial charge in [-0.3, -0.25) is 4.79 Å². The van der Waals surface area contributed by atoms with Crippen LogP contribution in [0.1, 0.15) is 31.4 Å². The SMILES string of the molecule is CCCCNC(=O)C1N=Nc2ccccc21. The van der Waals surface area contributed by atoms with Crippen molar-refractivity contribution < 1.29 is 4.79 Å². The van der Waals surface area contributed by atoms with Crippen molar-refractivity contribution in [1.29, 1.82) is 0 Å². The number of carbonyl (C=O) groups excluding carboxylic acids is 1. The van der Waals surface area contributed by atoms with Crippen molar-refractivity contribution in [2.24, 2.45) is 10.2 Å². The van der Waals surface area contributed by atoms with Crippen molar-refractivity contribution in [2.45, 2.75) is 25.8 Å². The summed E-state index contributed by atoms with van der Waals surface area (Å²) in [5.74, 6) is -0.0536. The maximum absolute atomic E-state index is 11.8. The minimum absolute atomic E-state index is 0.0536. The quantitative estimate of drug-likeness (QED) is 0.774. The van der Waals surface area contributed by atoms with E-state index in [-0.39, 0.29) is 5.91 Å². The average molecular weight is 217 g/mol. The number of azo groups is 1. The molecule has 1 aromatic rings. The summed E-state index contributed by atoms with van der Waals surface area (Å²) >= 11 is 0. The first-order valence-corrected chi connectivity index (χ1v) is 5.60. The topological polar surface area (TPSA) is 53.8 Å². The van der Waals surface area contributed by atoms with E-state index in [0.29, 0.717) is 6.54 Å². The lowest BCUT2D eigenvalue weighted by molar-refractivity contribution is -0.122. The van der Waals surface area contributed by atoms with Gasteiger partial charge in [-0.05, 0) is 12.5 Å². The highest BCUT2D eigenvalue weighted by Gasteiger charge is 2.26. The Bertz CT molecular complexity index is 414. The van der Waals surface area contributed by atoms with E-state index in [4.69, 9.17) is 0 Å². The van der Waals surface area contributed by atoms with Gasteiger partial charge in [0.1, 0.15) is 0 Å². The zero-order chi connectivity index (χ0) is 11.4. The molecule has 16 heavy (non-hydrogen) atoms. The lowest BCUT2D eigenvalue weighted by Gasteiger charge is -2.08. The Labute approximate surface area is 94.8 Å². The molecular formula is C12H15N3O. The van der Waals surface area contributed by atoms with Crippen molar-refractivity contribution in [1.82, 2.24) is 5.32 Å². The highest BCUT2D eigenvalue weighted by Crippen LogP contribution is 2.35. The van der Waals surface area contributed by atoms with Crippen LogP contribution in [0.4, 0.5) is 5.69 Å². The number of nitrogens with zero attached hydrogens (tertiary/aromatic N) is 2. The Hall–Kier alpha value is -1.71. The number of rotatable bonds is 4. The Morgan fingerprint density at radius 2 is 2.25 bits per heavy atom. The van der Waals surface area contributed by atoms with Gasteiger partial charge < -0.3 is 5.32 Å². The highest BCUT2D eigenvalue weighted by atomic mass is 16.2. The van der Waals surface area contributed by atoms with Crippen LogP contribution >= 0.6 is 0 Å². The second kappa shape index (κ2) is 4.88. The second-order valence-corrected chi connectivity index (χ2v) is 3.82. The fraction of sp³-hybridized carbons (Fsp3) is 0.417. The molecule has 1 aromatic carbocycles. The molecule has 1 amide bonds. The molecule has 0 saturated carbocycles. The number of carbonyl (C=O) groups is 1. The number of fused-ring (bicyclic) bond motifs is 1. The van der Waals surface area contributed by atoms with Crippen molar-refractivity contribution >= 4 is 11.6 Å². The molecule has 0 aromatic heterocycles. The number of nitrogens with one attached hydrogen (secondary N) is 1. The Morgan fingerprint density at radius 3 is 3.06 bits per heavy atom. The van der Waals surface area contributed by atoms with Crippen LogP contribution in [0.25, 0.3) is 0 Å². The molecule has 4 heteroatoms. The van der Waals surface area contributed by atoms with E-state index >= 15 is 0 Å². The molecule has 1 aliphatic rings. The first-order valence-electron chi connectivity index (χ1n) is 5.60. The number of hydrogen-bond donors (Lipinski definition) is 1. The maximum atomic E-state index is 11.8. The molecule has 1 unspecified atom stereocenters. The molecular weight excluding hydrogens is 202 g/mol. The summed E-state index contributed by atoms with van der Waals surface area (Å²) in [4.78, 5) is 11.8. The van der Waals surface area contributed by atoms with Crippen LogP contribution in [0.15, 0.2) is 34.5 Å². The normalized spacial score (nSPS) is 17.2. The van der Waals surface area contributed by atoms with Gasteiger partial charge in [0.05, 0.1) is 5.69 Å². The third kappa shape index (κ3) is 2.10. The minimum atomic E-state index is -0.451. The van der Waals surface area contributed by atoms with Crippen LogP contribution in [0.2, 0.25) is 0 Å².